The predicted octanol–water partition coefficient (Wildman–Crippen LogP) is 5.14. The van der Waals surface area contributed by atoms with Crippen LogP contribution in [0.15, 0.2) is 70.7 Å². The summed E-state index contributed by atoms with van der Waals surface area (Å²) in [6.45, 7) is 2.13. The molecule has 1 heterocycles. The molecule has 0 atom stereocenters. The van der Waals surface area contributed by atoms with Crippen LogP contribution < -0.4 is 19.7 Å². The summed E-state index contributed by atoms with van der Waals surface area (Å²) >= 11 is 3.47. The topological polar surface area (TPSA) is 109 Å². The number of urea groups is 1. The molecule has 1 N–H and O–H groups in total. The number of hydrogen-bond donors (Lipinski definition) is 1. The smallest absolute Gasteiger partial charge is 0.335 e. The molecule has 0 spiro atoms. The first-order valence-electron chi connectivity index (χ1n) is 11.3. The molecule has 0 aliphatic carbocycles. The van der Waals surface area contributed by atoms with Gasteiger partial charge in [-0.3, -0.25) is 14.9 Å². The summed E-state index contributed by atoms with van der Waals surface area (Å²) in [5.74, 6) is -0.784. The van der Waals surface area contributed by atoms with Gasteiger partial charge in [-0.1, -0.05) is 37.3 Å². The molecule has 0 saturated carbocycles. The molecule has 8 nitrogen and oxygen atoms in total. The van der Waals surface area contributed by atoms with Crippen LogP contribution in [0.3, 0.4) is 0 Å². The Morgan fingerprint density at radius 2 is 1.81 bits per heavy atom. The standard InChI is InChI=1S/C28H22BrN3O5/c1-3-17-8-10-21(11-9-17)32-27(34)22(26(33)31-28(32)35)12-18-13-23(29)25(24(14-18)36-2)37-16-20-7-5-4-6-19(20)15-30/h4-14H,3,16H2,1-2H3,(H,31,33,35)/b22-12-. The normalized spacial score (nSPS) is 14.4. The van der Waals surface area contributed by atoms with Crippen LogP contribution in [0.25, 0.3) is 6.08 Å². The number of ether oxygens (including phenoxy) is 2. The van der Waals surface area contributed by atoms with Crippen LogP contribution >= 0.6 is 15.9 Å². The average molecular weight is 560 g/mol. The lowest BCUT2D eigenvalue weighted by Crippen LogP contribution is -2.54. The van der Waals surface area contributed by atoms with Crippen LogP contribution in [-0.4, -0.2) is 25.0 Å². The monoisotopic (exact) mass is 559 g/mol. The maximum atomic E-state index is 13.2. The van der Waals surface area contributed by atoms with E-state index in [9.17, 15) is 19.6 Å². The second-order valence-electron chi connectivity index (χ2n) is 8.07. The van der Waals surface area contributed by atoms with Gasteiger partial charge >= 0.3 is 6.03 Å². The van der Waals surface area contributed by atoms with Crippen molar-refractivity contribution in [1.29, 1.82) is 5.26 Å². The van der Waals surface area contributed by atoms with E-state index in [0.717, 1.165) is 16.9 Å². The van der Waals surface area contributed by atoms with Gasteiger partial charge in [0.1, 0.15) is 12.2 Å². The summed E-state index contributed by atoms with van der Waals surface area (Å²) in [6.07, 6.45) is 2.20. The Balaban J connectivity index is 1.64. The summed E-state index contributed by atoms with van der Waals surface area (Å²) in [7, 11) is 1.47. The third kappa shape index (κ3) is 5.39. The molecule has 9 heteroatoms. The molecule has 3 aromatic carbocycles. The van der Waals surface area contributed by atoms with Crippen molar-refractivity contribution < 1.29 is 23.9 Å². The first-order valence-corrected chi connectivity index (χ1v) is 12.1. The fraction of sp³-hybridized carbons (Fsp3) is 0.143. The van der Waals surface area contributed by atoms with E-state index in [-0.39, 0.29) is 12.2 Å². The molecule has 186 valence electrons. The number of nitrogens with one attached hydrogen (secondary N) is 1. The lowest BCUT2D eigenvalue weighted by molar-refractivity contribution is -0.122. The van der Waals surface area contributed by atoms with E-state index < -0.39 is 17.8 Å². The van der Waals surface area contributed by atoms with Gasteiger partial charge in [0.05, 0.1) is 28.9 Å². The molecule has 1 saturated heterocycles. The van der Waals surface area contributed by atoms with Gasteiger partial charge < -0.3 is 9.47 Å². The van der Waals surface area contributed by atoms with Gasteiger partial charge in [0.2, 0.25) is 0 Å². The average Bonchev–Trinajstić information content (AvgIpc) is 2.90. The number of hydrogen-bond acceptors (Lipinski definition) is 6. The van der Waals surface area contributed by atoms with Crippen molar-refractivity contribution >= 4 is 45.5 Å². The van der Waals surface area contributed by atoms with Crippen molar-refractivity contribution in [2.24, 2.45) is 0 Å². The molecule has 1 aliphatic rings. The van der Waals surface area contributed by atoms with Gasteiger partial charge in [-0.05, 0) is 69.9 Å². The number of rotatable bonds is 7. The molecule has 4 amide bonds. The second-order valence-corrected chi connectivity index (χ2v) is 8.92. The Labute approximate surface area is 222 Å². The third-order valence-corrected chi connectivity index (χ3v) is 6.37. The van der Waals surface area contributed by atoms with E-state index in [2.05, 4.69) is 27.3 Å². The van der Waals surface area contributed by atoms with Crippen LogP contribution in [0.1, 0.15) is 29.2 Å². The van der Waals surface area contributed by atoms with E-state index in [0.29, 0.717) is 38.3 Å². The first kappa shape index (κ1) is 25.7. The highest BCUT2D eigenvalue weighted by Gasteiger charge is 2.36. The molecule has 0 radical (unpaired) electrons. The van der Waals surface area contributed by atoms with Crippen LogP contribution in [0.5, 0.6) is 11.5 Å². The molecule has 0 aromatic heterocycles. The Kier molecular flexibility index (Phi) is 7.70. The maximum absolute atomic E-state index is 13.2. The van der Waals surface area contributed by atoms with Crippen molar-refractivity contribution in [3.63, 3.8) is 0 Å². The van der Waals surface area contributed by atoms with Gasteiger partial charge in [0.25, 0.3) is 11.8 Å². The Hall–Kier alpha value is -4.42. The fourth-order valence-corrected chi connectivity index (χ4v) is 4.38. The Morgan fingerprint density at radius 1 is 1.08 bits per heavy atom. The number of carbonyl (C=O) groups is 3. The molecular formula is C28H22BrN3O5. The lowest BCUT2D eigenvalue weighted by atomic mass is 10.1. The van der Waals surface area contributed by atoms with E-state index >= 15 is 0 Å². The zero-order valence-corrected chi connectivity index (χ0v) is 21.7. The third-order valence-electron chi connectivity index (χ3n) is 5.78. The number of methoxy groups -OCH3 is 1. The van der Waals surface area contributed by atoms with Gasteiger partial charge in [-0.2, -0.15) is 5.26 Å². The summed E-state index contributed by atoms with van der Waals surface area (Å²) in [5.41, 5.74) is 2.90. The van der Waals surface area contributed by atoms with Gasteiger partial charge in [-0.15, -0.1) is 0 Å². The molecule has 4 rings (SSSR count). The highest BCUT2D eigenvalue weighted by molar-refractivity contribution is 9.10. The SMILES string of the molecule is CCc1ccc(N2C(=O)NC(=O)/C(=C/c3cc(Br)c(OCc4ccccc4C#N)c(OC)c3)C2=O)cc1. The Morgan fingerprint density at radius 3 is 2.49 bits per heavy atom. The molecule has 0 unspecified atom stereocenters. The minimum Gasteiger partial charge on any atom is -0.493 e. The first-order chi connectivity index (χ1) is 17.9. The van der Waals surface area contributed by atoms with Crippen LogP contribution in [-0.2, 0) is 22.6 Å². The van der Waals surface area contributed by atoms with E-state index in [1.807, 2.05) is 25.1 Å². The maximum Gasteiger partial charge on any atom is 0.335 e. The molecular weight excluding hydrogens is 538 g/mol. The molecule has 0 bridgehead atoms. The minimum absolute atomic E-state index is 0.133. The van der Waals surface area contributed by atoms with Gasteiger partial charge in [0.15, 0.2) is 11.5 Å². The molecule has 1 fully saturated rings. The number of imide groups is 2. The summed E-state index contributed by atoms with van der Waals surface area (Å²) in [6, 6.07) is 18.7. The lowest BCUT2D eigenvalue weighted by Gasteiger charge is -2.26. The number of barbiturate groups is 1. The fourth-order valence-electron chi connectivity index (χ4n) is 3.81. The number of halogens is 1. The van der Waals surface area contributed by atoms with E-state index in [1.165, 1.54) is 13.2 Å². The zero-order valence-electron chi connectivity index (χ0n) is 20.1. The summed E-state index contributed by atoms with van der Waals surface area (Å²) < 4.78 is 11.9. The predicted molar refractivity (Wildman–Crippen MR) is 141 cm³/mol. The quantitative estimate of drug-likeness (QED) is 0.317. The van der Waals surface area contributed by atoms with E-state index in [1.54, 1.807) is 42.5 Å². The number of nitrogens with zero attached hydrogens (tertiary/aromatic N) is 2. The van der Waals surface area contributed by atoms with Crippen molar-refractivity contribution in [3.05, 3.63) is 93.0 Å². The molecule has 37 heavy (non-hydrogen) atoms. The van der Waals surface area contributed by atoms with Crippen LogP contribution in [0, 0.1) is 11.3 Å². The number of carbonyl (C=O) groups excluding carboxylic acids is 3. The zero-order chi connectivity index (χ0) is 26.5. The van der Waals surface area contributed by atoms with Gasteiger partial charge in [-0.25, -0.2) is 9.69 Å². The van der Waals surface area contributed by atoms with Crippen LogP contribution in [0.2, 0.25) is 0 Å². The highest BCUT2D eigenvalue weighted by atomic mass is 79.9. The van der Waals surface area contributed by atoms with E-state index in [4.69, 9.17) is 9.47 Å². The number of nitriles is 1. The number of anilines is 1. The van der Waals surface area contributed by atoms with Crippen molar-refractivity contribution in [2.45, 2.75) is 20.0 Å². The largest absolute Gasteiger partial charge is 0.493 e. The minimum atomic E-state index is -0.809. The van der Waals surface area contributed by atoms with Crippen molar-refractivity contribution in [3.8, 4) is 17.6 Å². The number of amides is 4. The number of aryl methyl sites for hydroxylation is 1. The highest BCUT2D eigenvalue weighted by Crippen LogP contribution is 2.38. The number of benzene rings is 3. The summed E-state index contributed by atoms with van der Waals surface area (Å²) in [4.78, 5) is 39.2. The van der Waals surface area contributed by atoms with Crippen LogP contribution in [0.4, 0.5) is 10.5 Å². The summed E-state index contributed by atoms with van der Waals surface area (Å²) in [5, 5.41) is 11.5. The Bertz CT molecular complexity index is 1460. The molecule has 3 aromatic rings. The van der Waals surface area contributed by atoms with Crippen molar-refractivity contribution in [2.75, 3.05) is 12.0 Å². The molecule has 1 aliphatic heterocycles. The second kappa shape index (κ2) is 11.1. The van der Waals surface area contributed by atoms with Gasteiger partial charge in [0, 0.05) is 5.56 Å². The van der Waals surface area contributed by atoms with Crippen molar-refractivity contribution in [1.82, 2.24) is 5.32 Å².